The molecule has 0 aromatic heterocycles. The molecule has 1 aliphatic carbocycles. The van der Waals surface area contributed by atoms with Gasteiger partial charge in [-0.05, 0) is 25.0 Å². The summed E-state index contributed by atoms with van der Waals surface area (Å²) in [7, 11) is 0. The van der Waals surface area contributed by atoms with Crippen LogP contribution in [0.2, 0.25) is 5.02 Å². The molecule has 1 aromatic rings. The average Bonchev–Trinajstić information content (AvgIpc) is 2.81. The lowest BCUT2D eigenvalue weighted by atomic mass is 9.97. The molecule has 1 aromatic carbocycles. The summed E-state index contributed by atoms with van der Waals surface area (Å²) in [5.41, 5.74) is 5.55. The quantitative estimate of drug-likeness (QED) is 0.887. The van der Waals surface area contributed by atoms with Crippen molar-refractivity contribution in [3.8, 4) is 0 Å². The fraction of sp³-hybridized carbons (Fsp3) is 0.462. The van der Waals surface area contributed by atoms with Crippen LogP contribution in [-0.4, -0.2) is 18.0 Å². The van der Waals surface area contributed by atoms with Gasteiger partial charge in [0.25, 0.3) is 5.91 Å². The summed E-state index contributed by atoms with van der Waals surface area (Å²) in [4.78, 5) is 12.1. The summed E-state index contributed by atoms with van der Waals surface area (Å²) in [5, 5.41) is 2.77. The lowest BCUT2D eigenvalue weighted by molar-refractivity contribution is 0.0903. The maximum atomic E-state index is 13.3. The van der Waals surface area contributed by atoms with Crippen molar-refractivity contribution in [2.45, 2.75) is 31.2 Å². The van der Waals surface area contributed by atoms with Crippen molar-refractivity contribution in [3.63, 3.8) is 0 Å². The standard InChI is InChI=1S/C13H16ClFN2O/c14-11-9(4-3-5-10(11)15)12(18)17-13(8-16)6-1-2-7-13/h3-5H,1-2,6-8,16H2,(H,17,18). The molecule has 18 heavy (non-hydrogen) atoms. The third-order valence-electron chi connectivity index (χ3n) is 3.53. The van der Waals surface area contributed by atoms with Gasteiger partial charge in [0.2, 0.25) is 0 Å². The van der Waals surface area contributed by atoms with Gasteiger partial charge in [-0.3, -0.25) is 4.79 Å². The van der Waals surface area contributed by atoms with Crippen molar-refractivity contribution in [1.29, 1.82) is 0 Å². The minimum Gasteiger partial charge on any atom is -0.345 e. The van der Waals surface area contributed by atoms with Crippen molar-refractivity contribution in [2.24, 2.45) is 5.73 Å². The van der Waals surface area contributed by atoms with Crippen LogP contribution in [0.1, 0.15) is 36.0 Å². The average molecular weight is 271 g/mol. The molecule has 0 bridgehead atoms. The molecule has 3 N–H and O–H groups in total. The number of carbonyl (C=O) groups excluding carboxylic acids is 1. The second kappa shape index (κ2) is 5.24. The Hall–Kier alpha value is -1.13. The Bertz CT molecular complexity index is 458. The summed E-state index contributed by atoms with van der Waals surface area (Å²) in [6.07, 6.45) is 3.83. The Morgan fingerprint density at radius 3 is 2.72 bits per heavy atom. The van der Waals surface area contributed by atoms with Gasteiger partial charge in [0, 0.05) is 6.54 Å². The first-order valence-corrected chi connectivity index (χ1v) is 6.42. The van der Waals surface area contributed by atoms with Crippen LogP contribution in [0.25, 0.3) is 0 Å². The van der Waals surface area contributed by atoms with Crippen molar-refractivity contribution < 1.29 is 9.18 Å². The Balaban J connectivity index is 2.19. The Kier molecular flexibility index (Phi) is 3.88. The van der Waals surface area contributed by atoms with Crippen LogP contribution in [0.3, 0.4) is 0 Å². The molecule has 0 heterocycles. The SMILES string of the molecule is NCC1(NC(=O)c2cccc(F)c2Cl)CCCC1. The minimum atomic E-state index is -0.586. The highest BCUT2D eigenvalue weighted by Crippen LogP contribution is 2.29. The number of nitrogens with two attached hydrogens (primary N) is 1. The van der Waals surface area contributed by atoms with Crippen LogP contribution >= 0.6 is 11.6 Å². The number of nitrogens with one attached hydrogen (secondary N) is 1. The van der Waals surface area contributed by atoms with Crippen LogP contribution in [0, 0.1) is 5.82 Å². The Morgan fingerprint density at radius 2 is 2.11 bits per heavy atom. The van der Waals surface area contributed by atoms with E-state index < -0.39 is 5.82 Å². The van der Waals surface area contributed by atoms with Crippen molar-refractivity contribution in [1.82, 2.24) is 5.32 Å². The predicted octanol–water partition coefficient (Wildman–Crippen LogP) is 2.48. The molecular weight excluding hydrogens is 255 g/mol. The topological polar surface area (TPSA) is 55.1 Å². The molecule has 5 heteroatoms. The van der Waals surface area contributed by atoms with E-state index in [9.17, 15) is 9.18 Å². The number of rotatable bonds is 3. The predicted molar refractivity (Wildman–Crippen MR) is 69.1 cm³/mol. The molecule has 0 spiro atoms. The first kappa shape index (κ1) is 13.3. The number of amides is 1. The number of halogens is 2. The molecule has 0 radical (unpaired) electrons. The second-order valence-corrected chi connectivity index (χ2v) is 5.13. The highest BCUT2D eigenvalue weighted by atomic mass is 35.5. The first-order valence-electron chi connectivity index (χ1n) is 6.05. The summed E-state index contributed by atoms with van der Waals surface area (Å²) in [5.74, 6) is -0.940. The molecule has 1 amide bonds. The zero-order valence-corrected chi connectivity index (χ0v) is 10.8. The van der Waals surface area contributed by atoms with E-state index in [2.05, 4.69) is 5.32 Å². The maximum absolute atomic E-state index is 13.3. The van der Waals surface area contributed by atoms with E-state index in [1.54, 1.807) is 0 Å². The number of benzene rings is 1. The molecule has 2 rings (SSSR count). The van der Waals surface area contributed by atoms with Gasteiger partial charge in [-0.2, -0.15) is 0 Å². The van der Waals surface area contributed by atoms with Crippen LogP contribution in [0.4, 0.5) is 4.39 Å². The summed E-state index contributed by atoms with van der Waals surface area (Å²) < 4.78 is 13.3. The van der Waals surface area contributed by atoms with E-state index >= 15 is 0 Å². The van der Waals surface area contributed by atoms with Gasteiger partial charge >= 0.3 is 0 Å². The van der Waals surface area contributed by atoms with E-state index in [1.807, 2.05) is 0 Å². The van der Waals surface area contributed by atoms with Gasteiger partial charge in [-0.1, -0.05) is 30.5 Å². The van der Waals surface area contributed by atoms with Crippen molar-refractivity contribution >= 4 is 17.5 Å². The van der Waals surface area contributed by atoms with Gasteiger partial charge < -0.3 is 11.1 Å². The van der Waals surface area contributed by atoms with Crippen molar-refractivity contribution in [2.75, 3.05) is 6.54 Å². The zero-order valence-electron chi connectivity index (χ0n) is 10.0. The van der Waals surface area contributed by atoms with Crippen LogP contribution in [0.5, 0.6) is 0 Å². The van der Waals surface area contributed by atoms with E-state index in [4.69, 9.17) is 17.3 Å². The van der Waals surface area contributed by atoms with Crippen LogP contribution in [-0.2, 0) is 0 Å². The third kappa shape index (κ3) is 2.49. The second-order valence-electron chi connectivity index (χ2n) is 4.75. The molecule has 98 valence electrons. The number of carbonyl (C=O) groups is 1. The van der Waals surface area contributed by atoms with E-state index in [0.717, 1.165) is 25.7 Å². The van der Waals surface area contributed by atoms with E-state index in [1.165, 1.54) is 18.2 Å². The molecule has 0 saturated heterocycles. The molecule has 0 unspecified atom stereocenters. The van der Waals surface area contributed by atoms with Gasteiger partial charge in [-0.15, -0.1) is 0 Å². The molecular formula is C13H16ClFN2O. The van der Waals surface area contributed by atoms with Crippen LogP contribution < -0.4 is 11.1 Å². The van der Waals surface area contributed by atoms with Crippen molar-refractivity contribution in [3.05, 3.63) is 34.6 Å². The summed E-state index contributed by atoms with van der Waals surface area (Å²) in [6, 6.07) is 4.22. The molecule has 1 fully saturated rings. The first-order chi connectivity index (χ1) is 8.58. The molecule has 1 aliphatic rings. The van der Waals surface area contributed by atoms with Gasteiger partial charge in [0.05, 0.1) is 16.1 Å². The lowest BCUT2D eigenvalue weighted by Crippen LogP contribution is -2.51. The largest absolute Gasteiger partial charge is 0.345 e. The normalized spacial score (nSPS) is 17.7. The summed E-state index contributed by atoms with van der Waals surface area (Å²) in [6.45, 7) is 0.395. The smallest absolute Gasteiger partial charge is 0.253 e. The fourth-order valence-corrected chi connectivity index (χ4v) is 2.63. The fourth-order valence-electron chi connectivity index (χ4n) is 2.42. The van der Waals surface area contributed by atoms with Gasteiger partial charge in [0.1, 0.15) is 5.82 Å². The molecule has 0 aliphatic heterocycles. The highest BCUT2D eigenvalue weighted by molar-refractivity contribution is 6.34. The van der Waals surface area contributed by atoms with E-state index in [0.29, 0.717) is 6.54 Å². The maximum Gasteiger partial charge on any atom is 0.253 e. The molecule has 0 atom stereocenters. The van der Waals surface area contributed by atoms with Gasteiger partial charge in [-0.25, -0.2) is 4.39 Å². The monoisotopic (exact) mass is 270 g/mol. The van der Waals surface area contributed by atoms with Gasteiger partial charge in [0.15, 0.2) is 0 Å². The molecule has 3 nitrogen and oxygen atoms in total. The minimum absolute atomic E-state index is 0.139. The number of hydrogen-bond donors (Lipinski definition) is 2. The Morgan fingerprint density at radius 1 is 1.44 bits per heavy atom. The Labute approximate surface area is 111 Å². The molecule has 1 saturated carbocycles. The highest BCUT2D eigenvalue weighted by Gasteiger charge is 2.34. The summed E-state index contributed by atoms with van der Waals surface area (Å²) >= 11 is 5.80. The van der Waals surface area contributed by atoms with E-state index in [-0.39, 0.29) is 22.0 Å². The number of hydrogen-bond acceptors (Lipinski definition) is 2. The van der Waals surface area contributed by atoms with Crippen LogP contribution in [0.15, 0.2) is 18.2 Å². The zero-order chi connectivity index (χ0) is 13.2. The third-order valence-corrected chi connectivity index (χ3v) is 3.91. The lowest BCUT2D eigenvalue weighted by Gasteiger charge is -2.28.